The van der Waals surface area contributed by atoms with Crippen LogP contribution in [0.25, 0.3) is 11.0 Å². The van der Waals surface area contributed by atoms with E-state index in [1.165, 1.54) is 18.2 Å². The number of anilines is 1. The van der Waals surface area contributed by atoms with Crippen LogP contribution in [-0.2, 0) is 16.9 Å². The zero-order valence-electron chi connectivity index (χ0n) is 16.5. The van der Waals surface area contributed by atoms with Gasteiger partial charge in [0, 0.05) is 13.3 Å². The van der Waals surface area contributed by atoms with Crippen LogP contribution in [0.15, 0.2) is 52.5 Å². The molecule has 0 radical (unpaired) electrons. The van der Waals surface area contributed by atoms with Gasteiger partial charge in [0.2, 0.25) is 0 Å². The molecule has 2 N–H and O–H groups in total. The maximum atomic E-state index is 12.5. The van der Waals surface area contributed by atoms with Crippen molar-refractivity contribution < 1.29 is 17.9 Å². The number of hydrogen-bond donors (Lipinski definition) is 2. The minimum atomic E-state index is -3.43. The van der Waals surface area contributed by atoms with Crippen LogP contribution < -0.4 is 14.8 Å². The van der Waals surface area contributed by atoms with Gasteiger partial charge in [0.1, 0.15) is 11.3 Å². The van der Waals surface area contributed by atoms with E-state index in [9.17, 15) is 13.2 Å². The lowest BCUT2D eigenvalue weighted by atomic mass is 10.3. The normalized spacial score (nSPS) is 11.6. The number of benzene rings is 2. The maximum absolute atomic E-state index is 12.5. The highest BCUT2D eigenvalue weighted by Gasteiger charge is 2.15. The molecule has 3 aromatic rings. The van der Waals surface area contributed by atoms with Crippen molar-refractivity contribution in [2.75, 3.05) is 11.6 Å². The molecule has 0 aliphatic rings. The first kappa shape index (κ1) is 21.0. The Balaban J connectivity index is 1.78. The van der Waals surface area contributed by atoms with Crippen LogP contribution in [0.4, 0.5) is 10.5 Å². The second-order valence-corrected chi connectivity index (χ2v) is 9.60. The molecule has 2 amide bonds. The monoisotopic (exact) mass is 434 g/mol. The lowest BCUT2D eigenvalue weighted by Gasteiger charge is -2.16. The van der Waals surface area contributed by atoms with E-state index in [2.05, 4.69) is 15.0 Å². The van der Waals surface area contributed by atoms with Crippen molar-refractivity contribution in [1.82, 2.24) is 14.3 Å². The molecule has 0 saturated heterocycles. The summed E-state index contributed by atoms with van der Waals surface area (Å²) in [7, 11) is -1.53. The molecule has 3 rings (SSSR count). The number of amides is 2. The van der Waals surface area contributed by atoms with Crippen molar-refractivity contribution in [2.45, 2.75) is 29.7 Å². The zero-order valence-corrected chi connectivity index (χ0v) is 18.1. The molecule has 29 heavy (non-hydrogen) atoms. The van der Waals surface area contributed by atoms with Gasteiger partial charge < -0.3 is 14.6 Å². The van der Waals surface area contributed by atoms with Crippen molar-refractivity contribution in [3.63, 3.8) is 0 Å². The summed E-state index contributed by atoms with van der Waals surface area (Å²) < 4.78 is 34.0. The molecular weight excluding hydrogens is 412 g/mol. The number of urea groups is 1. The van der Waals surface area contributed by atoms with Crippen molar-refractivity contribution in [2.24, 2.45) is 7.05 Å². The number of hydrogen-bond acceptors (Lipinski definition) is 6. The molecule has 0 unspecified atom stereocenters. The third-order valence-corrected chi connectivity index (χ3v) is 5.91. The number of fused-ring (bicyclic) bond motifs is 1. The number of carbonyl (C=O) groups excluding carboxylic acids is 1. The third-order valence-electron chi connectivity index (χ3n) is 3.96. The van der Waals surface area contributed by atoms with Crippen LogP contribution in [-0.4, -0.2) is 36.4 Å². The van der Waals surface area contributed by atoms with Gasteiger partial charge in [-0.25, -0.2) is 18.2 Å². The van der Waals surface area contributed by atoms with Crippen LogP contribution in [0.2, 0.25) is 0 Å². The predicted molar refractivity (Wildman–Crippen MR) is 114 cm³/mol. The van der Waals surface area contributed by atoms with E-state index in [0.717, 1.165) is 34.1 Å². The Bertz CT molecular complexity index is 1160. The predicted octanol–water partition coefficient (Wildman–Crippen LogP) is 3.59. The van der Waals surface area contributed by atoms with E-state index < -0.39 is 15.9 Å². The molecule has 1 heterocycles. The number of para-hydroxylation sites is 1. The number of aromatic nitrogens is 2. The maximum Gasteiger partial charge on any atom is 0.329 e. The number of imidazole rings is 1. The van der Waals surface area contributed by atoms with Gasteiger partial charge in [0.25, 0.3) is 0 Å². The van der Waals surface area contributed by atoms with Gasteiger partial charge >= 0.3 is 6.03 Å². The molecule has 0 bridgehead atoms. The largest absolute Gasteiger partial charge is 0.489 e. The first-order valence-electron chi connectivity index (χ1n) is 8.80. The van der Waals surface area contributed by atoms with E-state index in [1.54, 1.807) is 6.33 Å². The van der Waals surface area contributed by atoms with Crippen LogP contribution in [0.1, 0.15) is 13.8 Å². The zero-order chi connectivity index (χ0) is 21.2. The summed E-state index contributed by atoms with van der Waals surface area (Å²) in [5, 5.41) is 2.67. The number of nitrogens with one attached hydrogen (secondary N) is 2. The summed E-state index contributed by atoms with van der Waals surface area (Å²) in [4.78, 5) is 17.7. The Labute approximate surface area is 173 Å². The Morgan fingerprint density at radius 1 is 1.24 bits per heavy atom. The molecule has 0 atom stereocenters. The second kappa shape index (κ2) is 8.34. The molecule has 0 aliphatic heterocycles. The van der Waals surface area contributed by atoms with Crippen molar-refractivity contribution >= 4 is 44.5 Å². The standard InChI is InChI=1S/C19H22N4O4S2/c1-12(2)27-16-9-8-13(29(4,25)26)10-14(16)21-19(24)22-28-17-7-5-6-15-18(17)20-11-23(15)3/h5-12H,1-4H3,(H2,21,22,24). The SMILES string of the molecule is CC(C)Oc1ccc(S(C)(=O)=O)cc1NC(=O)NSc1cccc2c1ncn2C. The van der Waals surface area contributed by atoms with Gasteiger partial charge in [-0.3, -0.25) is 4.72 Å². The minimum Gasteiger partial charge on any atom is -0.489 e. The summed E-state index contributed by atoms with van der Waals surface area (Å²) in [6.07, 6.45) is 2.68. The highest BCUT2D eigenvalue weighted by atomic mass is 32.2. The number of rotatable bonds is 6. The lowest BCUT2D eigenvalue weighted by molar-refractivity contribution is 0.242. The average Bonchev–Trinajstić information content (AvgIpc) is 3.02. The van der Waals surface area contributed by atoms with E-state index in [1.807, 2.05) is 43.7 Å². The Morgan fingerprint density at radius 2 is 2.00 bits per heavy atom. The Morgan fingerprint density at radius 3 is 2.69 bits per heavy atom. The highest BCUT2D eigenvalue weighted by Crippen LogP contribution is 2.29. The molecular formula is C19H22N4O4S2. The lowest BCUT2D eigenvalue weighted by Crippen LogP contribution is -2.23. The summed E-state index contributed by atoms with van der Waals surface area (Å²) in [6.45, 7) is 3.69. The molecule has 2 aromatic carbocycles. The molecule has 10 heteroatoms. The highest BCUT2D eigenvalue weighted by molar-refractivity contribution is 7.98. The molecule has 0 fully saturated rings. The number of sulfone groups is 1. The fourth-order valence-electron chi connectivity index (χ4n) is 2.66. The fraction of sp³-hybridized carbons (Fsp3) is 0.263. The number of nitrogens with zero attached hydrogens (tertiary/aromatic N) is 2. The van der Waals surface area contributed by atoms with E-state index in [4.69, 9.17) is 4.74 Å². The molecule has 154 valence electrons. The molecule has 0 aliphatic carbocycles. The number of aryl methyl sites for hydroxylation is 1. The summed E-state index contributed by atoms with van der Waals surface area (Å²) in [5.41, 5.74) is 2.00. The molecule has 0 spiro atoms. The topological polar surface area (TPSA) is 102 Å². The van der Waals surface area contributed by atoms with Crippen molar-refractivity contribution in [1.29, 1.82) is 0 Å². The first-order valence-corrected chi connectivity index (χ1v) is 11.5. The summed E-state index contributed by atoms with van der Waals surface area (Å²) in [5.74, 6) is 0.388. The fourth-order valence-corrected chi connectivity index (χ4v) is 3.96. The van der Waals surface area contributed by atoms with Gasteiger partial charge in [0.05, 0.1) is 33.4 Å². The van der Waals surface area contributed by atoms with Gasteiger partial charge in [0.15, 0.2) is 9.84 Å². The van der Waals surface area contributed by atoms with Gasteiger partial charge in [-0.05, 0) is 56.1 Å². The second-order valence-electron chi connectivity index (χ2n) is 6.73. The van der Waals surface area contributed by atoms with Crippen molar-refractivity contribution in [3.8, 4) is 5.75 Å². The summed E-state index contributed by atoms with van der Waals surface area (Å²) in [6, 6.07) is 9.55. The van der Waals surface area contributed by atoms with Gasteiger partial charge in [-0.2, -0.15) is 0 Å². The molecule has 0 saturated carbocycles. The minimum absolute atomic E-state index is 0.0924. The molecule has 8 nitrogen and oxygen atoms in total. The third kappa shape index (κ3) is 5.01. The van der Waals surface area contributed by atoms with Gasteiger partial charge in [-0.1, -0.05) is 6.07 Å². The Hall–Kier alpha value is -2.72. The molecule has 1 aromatic heterocycles. The van der Waals surface area contributed by atoms with Crippen LogP contribution >= 0.6 is 11.9 Å². The number of ether oxygens (including phenoxy) is 1. The number of carbonyl (C=O) groups is 1. The van der Waals surface area contributed by atoms with Crippen LogP contribution in [0.5, 0.6) is 5.75 Å². The quantitative estimate of drug-likeness (QED) is 0.575. The Kier molecular flexibility index (Phi) is 6.04. The van der Waals surface area contributed by atoms with Crippen LogP contribution in [0, 0.1) is 0 Å². The van der Waals surface area contributed by atoms with E-state index in [-0.39, 0.29) is 16.7 Å². The van der Waals surface area contributed by atoms with Crippen LogP contribution in [0.3, 0.4) is 0 Å². The smallest absolute Gasteiger partial charge is 0.329 e. The van der Waals surface area contributed by atoms with E-state index in [0.29, 0.717) is 5.75 Å². The van der Waals surface area contributed by atoms with Crippen molar-refractivity contribution in [3.05, 3.63) is 42.7 Å². The first-order chi connectivity index (χ1) is 13.6. The average molecular weight is 435 g/mol. The summed E-state index contributed by atoms with van der Waals surface area (Å²) >= 11 is 1.12. The van der Waals surface area contributed by atoms with E-state index >= 15 is 0 Å². The van der Waals surface area contributed by atoms with Gasteiger partial charge in [-0.15, -0.1) is 0 Å².